The molecule has 0 unspecified atom stereocenters. The monoisotopic (exact) mass is 390 g/mol. The van der Waals surface area contributed by atoms with Gasteiger partial charge in [0.25, 0.3) is 0 Å². The van der Waals surface area contributed by atoms with E-state index in [1.807, 2.05) is 0 Å². The Kier molecular flexibility index (Phi) is 5.68. The van der Waals surface area contributed by atoms with E-state index in [0.29, 0.717) is 0 Å². The fourth-order valence-corrected chi connectivity index (χ4v) is 9.09. The lowest BCUT2D eigenvalue weighted by molar-refractivity contribution is 0.467. The van der Waals surface area contributed by atoms with Gasteiger partial charge in [-0.3, -0.25) is 0 Å². The summed E-state index contributed by atoms with van der Waals surface area (Å²) in [5, 5.41) is 0. The lowest BCUT2D eigenvalue weighted by Gasteiger charge is -2.35. The van der Waals surface area contributed by atoms with Crippen LogP contribution in [0.15, 0.2) is 66.5 Å². The van der Waals surface area contributed by atoms with Gasteiger partial charge in [0.1, 0.15) is 0 Å². The van der Waals surface area contributed by atoms with Crippen molar-refractivity contribution in [3.63, 3.8) is 0 Å². The van der Waals surface area contributed by atoms with Crippen LogP contribution in [0.25, 0.3) is 0 Å². The predicted octanol–water partition coefficient (Wildman–Crippen LogP) is 8.01. The third-order valence-corrected chi connectivity index (χ3v) is 10.6. The van der Waals surface area contributed by atoms with Crippen molar-refractivity contribution in [2.24, 2.45) is 16.2 Å². The average molecular weight is 391 g/mol. The maximum atomic E-state index is 2.50. The van der Waals surface area contributed by atoms with E-state index in [-0.39, 0.29) is 16.2 Å². The molecule has 0 saturated carbocycles. The van der Waals surface area contributed by atoms with Crippen molar-refractivity contribution in [3.8, 4) is 0 Å². The predicted molar refractivity (Wildman–Crippen MR) is 126 cm³/mol. The van der Waals surface area contributed by atoms with Gasteiger partial charge in [0, 0.05) is 0 Å². The molecule has 28 heavy (non-hydrogen) atoms. The third kappa shape index (κ3) is 4.58. The Labute approximate surface area is 178 Å². The van der Waals surface area contributed by atoms with Crippen molar-refractivity contribution in [3.05, 3.63) is 66.5 Å². The van der Waals surface area contributed by atoms with Gasteiger partial charge in [-0.1, -0.05) is 108 Å². The standard InChI is InChI=1S/3C9H13.Al/c3*1-8-5-4-6-9(2,3)7-8;/h3*4,6H,7H2,1-3H3;. The summed E-state index contributed by atoms with van der Waals surface area (Å²) in [6.45, 7) is 21.3. The third-order valence-electron chi connectivity index (χ3n) is 6.72. The zero-order chi connectivity index (χ0) is 20.9. The Morgan fingerprint density at radius 3 is 1.00 bits per heavy atom. The van der Waals surface area contributed by atoms with Crippen LogP contribution in [0.5, 0.6) is 0 Å². The molecule has 3 aliphatic rings. The molecule has 3 aliphatic carbocycles. The summed E-state index contributed by atoms with van der Waals surface area (Å²) in [5.41, 5.74) is 5.69. The molecule has 0 bridgehead atoms. The minimum absolute atomic E-state index is 0.286. The Balaban J connectivity index is 2.14. The van der Waals surface area contributed by atoms with Crippen LogP contribution in [0.4, 0.5) is 0 Å². The number of allylic oxidation sites excluding steroid dienone is 12. The van der Waals surface area contributed by atoms with E-state index in [4.69, 9.17) is 0 Å². The van der Waals surface area contributed by atoms with Gasteiger partial charge >= 0.3 is 14.1 Å². The molecular formula is C27H39Al. The van der Waals surface area contributed by atoms with Crippen molar-refractivity contribution >= 4 is 14.1 Å². The van der Waals surface area contributed by atoms with Crippen LogP contribution in [0.2, 0.25) is 0 Å². The first-order valence-corrected chi connectivity index (χ1v) is 12.7. The van der Waals surface area contributed by atoms with Crippen molar-refractivity contribution in [2.75, 3.05) is 0 Å². The highest BCUT2D eigenvalue weighted by molar-refractivity contribution is 6.82. The molecule has 1 heteroatoms. The summed E-state index contributed by atoms with van der Waals surface area (Å²) in [4.78, 5) is 0. The molecule has 0 heterocycles. The van der Waals surface area contributed by atoms with Crippen molar-refractivity contribution < 1.29 is 0 Å². The van der Waals surface area contributed by atoms with Crippen LogP contribution in [0.1, 0.15) is 81.6 Å². The zero-order valence-electron chi connectivity index (χ0n) is 19.7. The molecule has 0 nitrogen and oxygen atoms in total. The van der Waals surface area contributed by atoms with E-state index in [0.717, 1.165) is 0 Å². The summed E-state index contributed by atoms with van der Waals surface area (Å²) < 4.78 is 4.99. The minimum atomic E-state index is -1.45. The fraction of sp³-hybridized carbons (Fsp3) is 0.556. The number of hydrogen-bond donors (Lipinski definition) is 0. The lowest BCUT2D eigenvalue weighted by Crippen LogP contribution is -2.31. The summed E-state index contributed by atoms with van der Waals surface area (Å²) >= 11 is -1.45. The SMILES string of the molecule is CC1=[C]([Al]([C]2=C(C)CC(C)(C)C=C2)[C]2=C(C)CC(C)(C)C=C2)C=CC(C)(C)C1. The van der Waals surface area contributed by atoms with Crippen molar-refractivity contribution in [2.45, 2.75) is 81.6 Å². The van der Waals surface area contributed by atoms with E-state index in [1.54, 1.807) is 30.0 Å². The van der Waals surface area contributed by atoms with Gasteiger partial charge in [-0.2, -0.15) is 0 Å². The quantitative estimate of drug-likeness (QED) is 0.428. The summed E-state index contributed by atoms with van der Waals surface area (Å²) in [6, 6.07) is 0. The maximum Gasteiger partial charge on any atom is 0.382 e. The molecule has 0 spiro atoms. The highest BCUT2D eigenvalue weighted by Gasteiger charge is 2.37. The van der Waals surface area contributed by atoms with Crippen molar-refractivity contribution in [1.82, 2.24) is 0 Å². The molecule has 0 fully saturated rings. The van der Waals surface area contributed by atoms with Crippen LogP contribution in [0.3, 0.4) is 0 Å². The highest BCUT2D eigenvalue weighted by Crippen LogP contribution is 2.43. The van der Waals surface area contributed by atoms with Crippen LogP contribution >= 0.6 is 0 Å². The molecule has 0 radical (unpaired) electrons. The minimum Gasteiger partial charge on any atom is -0.0999 e. The van der Waals surface area contributed by atoms with Gasteiger partial charge in [-0.15, -0.1) is 0 Å². The second kappa shape index (κ2) is 7.34. The number of rotatable bonds is 3. The zero-order valence-corrected chi connectivity index (χ0v) is 20.8. The molecule has 0 amide bonds. The van der Waals surface area contributed by atoms with Crippen LogP contribution in [-0.2, 0) is 0 Å². The lowest BCUT2D eigenvalue weighted by atomic mass is 9.82. The first-order valence-electron chi connectivity index (χ1n) is 11.0. The van der Waals surface area contributed by atoms with E-state index in [9.17, 15) is 0 Å². The molecule has 0 saturated heterocycles. The maximum absolute atomic E-state index is 2.50. The molecule has 0 aromatic carbocycles. The molecule has 0 N–H and O–H groups in total. The van der Waals surface area contributed by atoms with E-state index in [1.165, 1.54) is 19.3 Å². The first-order chi connectivity index (χ1) is 12.8. The molecule has 3 rings (SSSR count). The van der Waals surface area contributed by atoms with Gasteiger partial charge in [-0.25, -0.2) is 0 Å². The van der Waals surface area contributed by atoms with Crippen LogP contribution in [0, 0.1) is 16.2 Å². The summed E-state index contributed by atoms with van der Waals surface area (Å²) in [7, 11) is 0. The van der Waals surface area contributed by atoms with E-state index < -0.39 is 14.1 Å². The summed E-state index contributed by atoms with van der Waals surface area (Å²) in [5.74, 6) is 0. The number of hydrogen-bond acceptors (Lipinski definition) is 0. The van der Waals surface area contributed by atoms with Gasteiger partial charge in [-0.05, 0) is 56.3 Å². The Hall–Kier alpha value is -1.03. The van der Waals surface area contributed by atoms with Gasteiger partial charge in [0.2, 0.25) is 0 Å². The molecule has 0 aromatic heterocycles. The Bertz CT molecular complexity index is 733. The van der Waals surface area contributed by atoms with Gasteiger partial charge in [0.05, 0.1) is 0 Å². The average Bonchev–Trinajstić information content (AvgIpc) is 2.50. The molecule has 150 valence electrons. The Morgan fingerprint density at radius 2 is 0.786 bits per heavy atom. The second-order valence-corrected chi connectivity index (χ2v) is 14.4. The fourth-order valence-electron chi connectivity index (χ4n) is 5.44. The molecule has 0 atom stereocenters. The largest absolute Gasteiger partial charge is 0.382 e. The normalized spacial score (nSPS) is 25.6. The van der Waals surface area contributed by atoms with Gasteiger partial charge < -0.3 is 0 Å². The topological polar surface area (TPSA) is 0 Å². The molecule has 0 aliphatic heterocycles. The van der Waals surface area contributed by atoms with Crippen LogP contribution in [-0.4, -0.2) is 14.1 Å². The van der Waals surface area contributed by atoms with E-state index >= 15 is 0 Å². The molecular weight excluding hydrogens is 351 g/mol. The molecule has 0 aromatic rings. The van der Waals surface area contributed by atoms with Crippen molar-refractivity contribution in [1.29, 1.82) is 0 Å². The first kappa shape index (κ1) is 21.7. The van der Waals surface area contributed by atoms with E-state index in [2.05, 4.69) is 98.8 Å². The van der Waals surface area contributed by atoms with Crippen LogP contribution < -0.4 is 0 Å². The second-order valence-electron chi connectivity index (χ2n) is 11.6. The van der Waals surface area contributed by atoms with Gasteiger partial charge in [0.15, 0.2) is 0 Å². The summed E-state index contributed by atoms with van der Waals surface area (Å²) in [6.07, 6.45) is 18.4. The Morgan fingerprint density at radius 1 is 0.536 bits per heavy atom. The smallest absolute Gasteiger partial charge is 0.0999 e. The highest BCUT2D eigenvalue weighted by atomic mass is 27.2.